The third-order valence-corrected chi connectivity index (χ3v) is 4.86. The van der Waals surface area contributed by atoms with Crippen molar-refractivity contribution >= 4 is 17.3 Å². The predicted octanol–water partition coefficient (Wildman–Crippen LogP) is 1.27. The van der Waals surface area contributed by atoms with Gasteiger partial charge < -0.3 is 29.7 Å². The second-order valence-corrected chi connectivity index (χ2v) is 7.03. The van der Waals surface area contributed by atoms with Gasteiger partial charge in [-0.3, -0.25) is 0 Å². The molecular formula is C20H26N3O3S+. The molecule has 0 saturated heterocycles. The van der Waals surface area contributed by atoms with Crippen molar-refractivity contribution in [3.8, 4) is 17.2 Å². The fourth-order valence-corrected chi connectivity index (χ4v) is 3.23. The van der Waals surface area contributed by atoms with E-state index in [1.807, 2.05) is 36.4 Å². The Kier molecular flexibility index (Phi) is 6.36. The van der Waals surface area contributed by atoms with Gasteiger partial charge in [-0.25, -0.2) is 0 Å². The summed E-state index contributed by atoms with van der Waals surface area (Å²) in [5.74, 6) is 2.46. The molecule has 27 heavy (non-hydrogen) atoms. The normalized spacial score (nSPS) is 13.3. The molecule has 0 bridgehead atoms. The second-order valence-electron chi connectivity index (χ2n) is 6.62. The van der Waals surface area contributed by atoms with Crippen molar-refractivity contribution in [2.24, 2.45) is 0 Å². The standard InChI is InChI=1S/C20H25N3O3S/c1-23(2)16(15-6-4-5-7-17(15)24-3)12-22-20(27)21-11-14-8-9-18-19(10-14)26-13-25-18/h4-10,16H,11-13H2,1-3H3,(H2,21,22,27)/p+1/t16-/m1/s1. The van der Waals surface area contributed by atoms with E-state index in [4.69, 9.17) is 26.4 Å². The largest absolute Gasteiger partial charge is 0.496 e. The minimum absolute atomic E-state index is 0.214. The molecule has 1 atom stereocenters. The first-order valence-corrected chi connectivity index (χ1v) is 9.32. The Morgan fingerprint density at radius 2 is 1.93 bits per heavy atom. The number of hydrogen-bond donors (Lipinski definition) is 3. The quantitative estimate of drug-likeness (QED) is 0.622. The van der Waals surface area contributed by atoms with Gasteiger partial charge in [0.1, 0.15) is 11.8 Å². The number of benzene rings is 2. The van der Waals surface area contributed by atoms with Crippen molar-refractivity contribution in [1.82, 2.24) is 10.6 Å². The summed E-state index contributed by atoms with van der Waals surface area (Å²) in [6, 6.07) is 14.2. The third-order valence-electron chi connectivity index (χ3n) is 4.57. The van der Waals surface area contributed by atoms with E-state index in [1.54, 1.807) is 7.11 Å². The lowest BCUT2D eigenvalue weighted by molar-refractivity contribution is -0.890. The Morgan fingerprint density at radius 1 is 1.15 bits per heavy atom. The molecular weight excluding hydrogens is 362 g/mol. The summed E-state index contributed by atoms with van der Waals surface area (Å²) in [6.07, 6.45) is 0. The minimum Gasteiger partial charge on any atom is -0.496 e. The molecule has 0 unspecified atom stereocenters. The van der Waals surface area contributed by atoms with Gasteiger partial charge in [-0.2, -0.15) is 0 Å². The lowest BCUT2D eigenvalue weighted by Crippen LogP contribution is -3.07. The van der Waals surface area contributed by atoms with Crippen molar-refractivity contribution in [2.75, 3.05) is 34.5 Å². The fourth-order valence-electron chi connectivity index (χ4n) is 3.07. The van der Waals surface area contributed by atoms with Gasteiger partial charge in [0.05, 0.1) is 33.3 Å². The van der Waals surface area contributed by atoms with Crippen LogP contribution in [0.4, 0.5) is 0 Å². The van der Waals surface area contributed by atoms with Crippen molar-refractivity contribution in [3.05, 3.63) is 53.6 Å². The number of likely N-dealkylation sites (N-methyl/N-ethyl adjacent to an activating group) is 1. The molecule has 0 radical (unpaired) electrons. The Bertz CT molecular complexity index is 798. The molecule has 0 spiro atoms. The van der Waals surface area contributed by atoms with E-state index in [-0.39, 0.29) is 12.8 Å². The zero-order chi connectivity index (χ0) is 19.2. The number of ether oxygens (including phenoxy) is 3. The topological polar surface area (TPSA) is 56.2 Å². The molecule has 144 valence electrons. The molecule has 0 aliphatic carbocycles. The SMILES string of the molecule is COc1ccccc1[C@@H](CNC(=S)NCc1ccc2c(c1)OCO2)[NH+](C)C. The third kappa shape index (κ3) is 4.81. The number of hydrogen-bond acceptors (Lipinski definition) is 4. The average molecular weight is 389 g/mol. The van der Waals surface area contributed by atoms with Crippen LogP contribution in [0.2, 0.25) is 0 Å². The molecule has 1 aliphatic heterocycles. The van der Waals surface area contributed by atoms with Crippen molar-refractivity contribution in [1.29, 1.82) is 0 Å². The summed E-state index contributed by atoms with van der Waals surface area (Å²) in [4.78, 5) is 1.30. The molecule has 1 heterocycles. The summed E-state index contributed by atoms with van der Waals surface area (Å²) in [6.45, 7) is 1.61. The van der Waals surface area contributed by atoms with Crippen LogP contribution in [0.1, 0.15) is 17.2 Å². The molecule has 0 fully saturated rings. The van der Waals surface area contributed by atoms with E-state index >= 15 is 0 Å². The van der Waals surface area contributed by atoms with E-state index in [2.05, 4.69) is 30.8 Å². The molecule has 2 aromatic rings. The van der Waals surface area contributed by atoms with Crippen LogP contribution in [-0.4, -0.2) is 39.7 Å². The van der Waals surface area contributed by atoms with E-state index in [0.29, 0.717) is 18.2 Å². The van der Waals surface area contributed by atoms with Gasteiger partial charge in [0.25, 0.3) is 0 Å². The number of methoxy groups -OCH3 is 1. The van der Waals surface area contributed by atoms with Crippen molar-refractivity contribution < 1.29 is 19.1 Å². The Balaban J connectivity index is 1.55. The summed E-state index contributed by atoms with van der Waals surface area (Å²) >= 11 is 5.45. The number of thiocarbonyl (C=S) groups is 1. The highest BCUT2D eigenvalue weighted by atomic mass is 32.1. The molecule has 2 aromatic carbocycles. The lowest BCUT2D eigenvalue weighted by Gasteiger charge is -2.24. The fraction of sp³-hybridized carbons (Fsp3) is 0.350. The van der Waals surface area contributed by atoms with Crippen molar-refractivity contribution in [2.45, 2.75) is 12.6 Å². The van der Waals surface area contributed by atoms with Gasteiger partial charge in [0.2, 0.25) is 6.79 Å². The Hall–Kier alpha value is -2.51. The van der Waals surface area contributed by atoms with Crippen LogP contribution < -0.4 is 29.7 Å². The first kappa shape index (κ1) is 19.3. The molecule has 3 N–H and O–H groups in total. The summed E-state index contributed by atoms with van der Waals surface area (Å²) in [5, 5.41) is 7.19. The minimum atomic E-state index is 0.214. The Morgan fingerprint density at radius 3 is 2.70 bits per heavy atom. The van der Waals surface area contributed by atoms with E-state index in [1.165, 1.54) is 4.90 Å². The molecule has 1 aliphatic rings. The molecule has 3 rings (SSSR count). The maximum Gasteiger partial charge on any atom is 0.231 e. The van der Waals surface area contributed by atoms with Crippen LogP contribution in [0.15, 0.2) is 42.5 Å². The van der Waals surface area contributed by atoms with E-state index < -0.39 is 0 Å². The van der Waals surface area contributed by atoms with Gasteiger partial charge in [-0.1, -0.05) is 18.2 Å². The van der Waals surface area contributed by atoms with Crippen LogP contribution >= 0.6 is 12.2 Å². The van der Waals surface area contributed by atoms with E-state index in [0.717, 1.165) is 28.4 Å². The monoisotopic (exact) mass is 388 g/mol. The van der Waals surface area contributed by atoms with E-state index in [9.17, 15) is 0 Å². The summed E-state index contributed by atoms with van der Waals surface area (Å²) < 4.78 is 16.3. The number of rotatable bonds is 7. The molecule has 0 aromatic heterocycles. The number of para-hydroxylation sites is 1. The van der Waals surface area contributed by atoms with Gasteiger partial charge in [-0.15, -0.1) is 0 Å². The van der Waals surface area contributed by atoms with Crippen LogP contribution in [0.3, 0.4) is 0 Å². The number of nitrogens with one attached hydrogen (secondary N) is 3. The smallest absolute Gasteiger partial charge is 0.231 e. The highest BCUT2D eigenvalue weighted by molar-refractivity contribution is 7.80. The first-order valence-electron chi connectivity index (χ1n) is 8.91. The molecule has 0 saturated carbocycles. The number of fused-ring (bicyclic) bond motifs is 1. The summed E-state index contributed by atoms with van der Waals surface area (Å²) in [7, 11) is 5.95. The molecule has 7 heteroatoms. The highest BCUT2D eigenvalue weighted by Crippen LogP contribution is 2.32. The second kappa shape index (κ2) is 8.92. The van der Waals surface area contributed by atoms with Crippen molar-refractivity contribution in [3.63, 3.8) is 0 Å². The zero-order valence-electron chi connectivity index (χ0n) is 15.9. The summed E-state index contributed by atoms with van der Waals surface area (Å²) in [5.41, 5.74) is 2.24. The highest BCUT2D eigenvalue weighted by Gasteiger charge is 2.21. The van der Waals surface area contributed by atoms with Gasteiger partial charge in [0, 0.05) is 6.54 Å². The predicted molar refractivity (Wildman–Crippen MR) is 109 cm³/mol. The maximum atomic E-state index is 5.51. The Labute approximate surface area is 165 Å². The van der Waals surface area contributed by atoms with Crippen LogP contribution in [0, 0.1) is 0 Å². The van der Waals surface area contributed by atoms with Crippen LogP contribution in [0.5, 0.6) is 17.2 Å². The van der Waals surface area contributed by atoms with Crippen LogP contribution in [-0.2, 0) is 6.54 Å². The molecule has 6 nitrogen and oxygen atoms in total. The first-order chi connectivity index (χ1) is 13.1. The van der Waals surface area contributed by atoms with Gasteiger partial charge in [-0.05, 0) is 42.0 Å². The van der Waals surface area contributed by atoms with Gasteiger partial charge in [0.15, 0.2) is 16.6 Å². The number of quaternary nitrogens is 1. The van der Waals surface area contributed by atoms with Crippen LogP contribution in [0.25, 0.3) is 0 Å². The molecule has 0 amide bonds. The average Bonchev–Trinajstić information content (AvgIpc) is 3.14. The zero-order valence-corrected chi connectivity index (χ0v) is 16.7. The van der Waals surface area contributed by atoms with Gasteiger partial charge >= 0.3 is 0 Å². The maximum absolute atomic E-state index is 5.51. The lowest BCUT2D eigenvalue weighted by atomic mass is 10.0.